The van der Waals surface area contributed by atoms with Crippen molar-refractivity contribution >= 4 is 5.82 Å². The molecule has 0 bridgehead atoms. The first-order valence-electron chi connectivity index (χ1n) is 8.49. The lowest BCUT2D eigenvalue weighted by Gasteiger charge is -2.13. The molecule has 0 aliphatic carbocycles. The number of benzene rings is 2. The number of nitrogens with one attached hydrogen (secondary N) is 1. The van der Waals surface area contributed by atoms with Crippen LogP contribution < -0.4 is 10.1 Å². The number of aliphatic hydroxyl groups excluding tert-OH is 1. The van der Waals surface area contributed by atoms with Crippen LogP contribution in [0.15, 0.2) is 67.0 Å². The topological polar surface area (TPSA) is 67.3 Å². The van der Waals surface area contributed by atoms with Gasteiger partial charge in [-0.1, -0.05) is 30.3 Å². The van der Waals surface area contributed by atoms with E-state index in [-0.39, 0.29) is 12.3 Å². The summed E-state index contributed by atoms with van der Waals surface area (Å²) in [5, 5.41) is 13.3. The van der Waals surface area contributed by atoms with Gasteiger partial charge in [-0.15, -0.1) is 0 Å². The molecular formula is C20H18F3N3O2. The first-order chi connectivity index (χ1) is 13.4. The van der Waals surface area contributed by atoms with Crippen LogP contribution in [0.2, 0.25) is 0 Å². The van der Waals surface area contributed by atoms with E-state index in [9.17, 15) is 18.3 Å². The van der Waals surface area contributed by atoms with E-state index < -0.39 is 18.9 Å². The van der Waals surface area contributed by atoms with Crippen LogP contribution in [0, 0.1) is 0 Å². The lowest BCUT2D eigenvalue weighted by Crippen LogP contribution is -2.19. The number of alkyl halides is 3. The number of anilines is 1. The van der Waals surface area contributed by atoms with Crippen molar-refractivity contribution < 1.29 is 23.0 Å². The van der Waals surface area contributed by atoms with E-state index in [1.165, 1.54) is 18.5 Å². The maximum absolute atomic E-state index is 12.2. The minimum atomic E-state index is -4.38. The predicted molar refractivity (Wildman–Crippen MR) is 98.9 cm³/mol. The van der Waals surface area contributed by atoms with E-state index in [2.05, 4.69) is 15.3 Å². The summed E-state index contributed by atoms with van der Waals surface area (Å²) in [5.41, 5.74) is 2.08. The van der Waals surface area contributed by atoms with E-state index >= 15 is 0 Å². The van der Waals surface area contributed by atoms with Gasteiger partial charge in [-0.3, -0.25) is 0 Å². The zero-order chi connectivity index (χ0) is 20.0. The molecule has 0 aliphatic rings. The molecule has 0 spiro atoms. The van der Waals surface area contributed by atoms with Crippen molar-refractivity contribution in [2.24, 2.45) is 0 Å². The Morgan fingerprint density at radius 2 is 1.71 bits per heavy atom. The number of aliphatic hydroxyl groups is 1. The molecule has 0 fully saturated rings. The molecule has 1 heterocycles. The molecule has 0 aliphatic heterocycles. The summed E-state index contributed by atoms with van der Waals surface area (Å²) in [5.74, 6) is 0.650. The van der Waals surface area contributed by atoms with Crippen LogP contribution in [-0.4, -0.2) is 34.4 Å². The van der Waals surface area contributed by atoms with Gasteiger partial charge in [-0.25, -0.2) is 9.97 Å². The molecule has 28 heavy (non-hydrogen) atoms. The Hall–Kier alpha value is -3.13. The Bertz CT molecular complexity index is 887. The Morgan fingerprint density at radius 3 is 2.39 bits per heavy atom. The fourth-order valence-electron chi connectivity index (χ4n) is 2.49. The first-order valence-corrected chi connectivity index (χ1v) is 8.49. The van der Waals surface area contributed by atoms with Gasteiger partial charge >= 0.3 is 6.18 Å². The zero-order valence-corrected chi connectivity index (χ0v) is 14.7. The van der Waals surface area contributed by atoms with Crippen molar-refractivity contribution in [2.45, 2.75) is 12.3 Å². The largest absolute Gasteiger partial charge is 0.484 e. The Kier molecular flexibility index (Phi) is 6.10. The van der Waals surface area contributed by atoms with Crippen molar-refractivity contribution in [3.63, 3.8) is 0 Å². The van der Waals surface area contributed by atoms with Crippen molar-refractivity contribution in [3.8, 4) is 17.0 Å². The molecule has 3 aromatic rings. The van der Waals surface area contributed by atoms with Gasteiger partial charge in [-0.2, -0.15) is 13.2 Å². The second kappa shape index (κ2) is 8.71. The molecule has 1 aromatic heterocycles. The van der Waals surface area contributed by atoms with Gasteiger partial charge in [-0.05, 0) is 29.8 Å². The van der Waals surface area contributed by atoms with Crippen molar-refractivity contribution in [2.75, 3.05) is 18.5 Å². The fourth-order valence-corrected chi connectivity index (χ4v) is 2.49. The second-order valence-electron chi connectivity index (χ2n) is 6.02. The molecule has 1 atom stereocenters. The van der Waals surface area contributed by atoms with E-state index in [1.54, 1.807) is 18.2 Å². The maximum atomic E-state index is 12.2. The molecule has 2 N–H and O–H groups in total. The molecule has 0 saturated carbocycles. The smallest absolute Gasteiger partial charge is 0.422 e. The van der Waals surface area contributed by atoms with Gasteiger partial charge < -0.3 is 15.2 Å². The normalized spacial score (nSPS) is 12.4. The Labute approximate surface area is 159 Å². The third-order valence-corrected chi connectivity index (χ3v) is 3.88. The quantitative estimate of drug-likeness (QED) is 0.633. The van der Waals surface area contributed by atoms with Crippen LogP contribution in [-0.2, 0) is 0 Å². The zero-order valence-electron chi connectivity index (χ0n) is 14.7. The Morgan fingerprint density at radius 1 is 1.00 bits per heavy atom. The highest BCUT2D eigenvalue weighted by atomic mass is 19.4. The summed E-state index contributed by atoms with van der Waals surface area (Å²) < 4.78 is 41.3. The first kappa shape index (κ1) is 19.6. The molecule has 1 unspecified atom stereocenters. The van der Waals surface area contributed by atoms with Crippen molar-refractivity contribution in [1.82, 2.24) is 9.97 Å². The molecule has 146 valence electrons. The van der Waals surface area contributed by atoms with Gasteiger partial charge in [0.05, 0.1) is 11.8 Å². The molecule has 5 nitrogen and oxygen atoms in total. The standard InChI is InChI=1S/C20H18F3N3O2/c21-20(22,23)12-28-16-8-6-14(7-9-16)17-10-19(26-13-25-17)24-11-18(27)15-4-2-1-3-5-15/h1-10,13,18,27H,11-12H2,(H,24,25,26). The van der Waals surface area contributed by atoms with E-state index in [4.69, 9.17) is 4.74 Å². The molecular weight excluding hydrogens is 371 g/mol. The number of aromatic nitrogens is 2. The van der Waals surface area contributed by atoms with Crippen LogP contribution in [0.3, 0.4) is 0 Å². The van der Waals surface area contributed by atoms with Crippen LogP contribution in [0.5, 0.6) is 5.75 Å². The van der Waals surface area contributed by atoms with E-state index in [0.29, 0.717) is 17.1 Å². The van der Waals surface area contributed by atoms with Gasteiger partial charge in [0.1, 0.15) is 17.9 Å². The van der Waals surface area contributed by atoms with Gasteiger partial charge in [0.15, 0.2) is 6.61 Å². The predicted octanol–water partition coefficient (Wildman–Crippen LogP) is 4.23. The lowest BCUT2D eigenvalue weighted by atomic mass is 10.1. The van der Waals surface area contributed by atoms with Crippen LogP contribution >= 0.6 is 0 Å². The minimum Gasteiger partial charge on any atom is -0.484 e. The number of hydrogen-bond acceptors (Lipinski definition) is 5. The minimum absolute atomic E-state index is 0.125. The van der Waals surface area contributed by atoms with E-state index in [0.717, 1.165) is 5.56 Å². The average molecular weight is 389 g/mol. The summed E-state index contributed by atoms with van der Waals surface area (Å²) in [6.07, 6.45) is -3.69. The number of halogens is 3. The third kappa shape index (κ3) is 5.68. The highest BCUT2D eigenvalue weighted by molar-refractivity contribution is 5.62. The maximum Gasteiger partial charge on any atom is 0.422 e. The third-order valence-electron chi connectivity index (χ3n) is 3.88. The van der Waals surface area contributed by atoms with Crippen LogP contribution in [0.1, 0.15) is 11.7 Å². The molecule has 8 heteroatoms. The van der Waals surface area contributed by atoms with E-state index in [1.807, 2.05) is 30.3 Å². The van der Waals surface area contributed by atoms with Gasteiger partial charge in [0.2, 0.25) is 0 Å². The van der Waals surface area contributed by atoms with Crippen LogP contribution in [0.25, 0.3) is 11.3 Å². The molecule has 2 aromatic carbocycles. The summed E-state index contributed by atoms with van der Waals surface area (Å²) in [6, 6.07) is 17.1. The SMILES string of the molecule is OC(CNc1cc(-c2ccc(OCC(F)(F)F)cc2)ncn1)c1ccccc1. The second-order valence-corrected chi connectivity index (χ2v) is 6.02. The average Bonchev–Trinajstić information content (AvgIpc) is 2.71. The number of hydrogen-bond donors (Lipinski definition) is 2. The number of nitrogens with zero attached hydrogens (tertiary/aromatic N) is 2. The highest BCUT2D eigenvalue weighted by Crippen LogP contribution is 2.24. The fraction of sp³-hybridized carbons (Fsp3) is 0.200. The van der Waals surface area contributed by atoms with Crippen LogP contribution in [0.4, 0.5) is 19.0 Å². The summed E-state index contributed by atoms with van der Waals surface area (Å²) in [7, 11) is 0. The van der Waals surface area contributed by atoms with Crippen molar-refractivity contribution in [1.29, 1.82) is 0 Å². The monoisotopic (exact) mass is 389 g/mol. The number of rotatable bonds is 7. The number of ether oxygens (including phenoxy) is 1. The molecule has 3 rings (SSSR count). The summed E-state index contributed by atoms with van der Waals surface area (Å²) >= 11 is 0. The van der Waals surface area contributed by atoms with Gasteiger partial charge in [0.25, 0.3) is 0 Å². The highest BCUT2D eigenvalue weighted by Gasteiger charge is 2.28. The van der Waals surface area contributed by atoms with Gasteiger partial charge in [0, 0.05) is 18.2 Å². The molecule has 0 saturated heterocycles. The molecule has 0 radical (unpaired) electrons. The summed E-state index contributed by atoms with van der Waals surface area (Å²) in [4.78, 5) is 8.30. The lowest BCUT2D eigenvalue weighted by molar-refractivity contribution is -0.153. The Balaban J connectivity index is 1.63. The summed E-state index contributed by atoms with van der Waals surface area (Å²) in [6.45, 7) is -1.07. The molecule has 0 amide bonds. The van der Waals surface area contributed by atoms with Crippen molar-refractivity contribution in [3.05, 3.63) is 72.6 Å².